The molecule has 5 heteroatoms. The molecule has 2 rings (SSSR count). The molecule has 2 amide bonds. The van der Waals surface area contributed by atoms with Crippen LogP contribution in [0.1, 0.15) is 17.2 Å². The van der Waals surface area contributed by atoms with Crippen LogP contribution < -0.4 is 15.5 Å². The lowest BCUT2D eigenvalue weighted by molar-refractivity contribution is 0.217. The van der Waals surface area contributed by atoms with Crippen LogP contribution >= 0.6 is 0 Å². The molecule has 2 aromatic carbocycles. The van der Waals surface area contributed by atoms with Crippen molar-refractivity contribution in [2.45, 2.75) is 12.5 Å². The Balaban J connectivity index is 1.78. The maximum Gasteiger partial charge on any atom is 0.315 e. The quantitative estimate of drug-likeness (QED) is 0.731. The number of carbonyl (C=O) groups excluding carboxylic acids is 1. The number of aliphatic hydroxyl groups is 1. The lowest BCUT2D eigenvalue weighted by Crippen LogP contribution is -2.40. The molecule has 0 aliphatic rings. The number of anilines is 1. The van der Waals surface area contributed by atoms with Gasteiger partial charge in [0.1, 0.15) is 0 Å². The molecule has 0 aliphatic heterocycles. The highest BCUT2D eigenvalue weighted by molar-refractivity contribution is 5.74. The molecule has 1 unspecified atom stereocenters. The summed E-state index contributed by atoms with van der Waals surface area (Å²) in [5, 5.41) is 15.1. The highest BCUT2D eigenvalue weighted by Gasteiger charge is 2.12. The van der Waals surface area contributed by atoms with E-state index in [2.05, 4.69) is 34.9 Å². The number of carbonyl (C=O) groups is 1. The Kier molecular flexibility index (Phi) is 6.63. The summed E-state index contributed by atoms with van der Waals surface area (Å²) in [7, 11) is 4.01. The number of aliphatic hydroxyl groups excluding tert-OH is 1. The average Bonchev–Trinajstić information content (AvgIpc) is 2.61. The summed E-state index contributed by atoms with van der Waals surface area (Å²) in [5.41, 5.74) is 3.20. The molecule has 1 atom stereocenters. The van der Waals surface area contributed by atoms with E-state index in [4.69, 9.17) is 0 Å². The fourth-order valence-electron chi connectivity index (χ4n) is 2.41. The van der Waals surface area contributed by atoms with Gasteiger partial charge in [-0.15, -0.1) is 0 Å². The van der Waals surface area contributed by atoms with Crippen molar-refractivity contribution in [3.63, 3.8) is 0 Å². The van der Waals surface area contributed by atoms with Gasteiger partial charge in [-0.25, -0.2) is 4.79 Å². The minimum atomic E-state index is -0.398. The highest BCUT2D eigenvalue weighted by Crippen LogP contribution is 2.13. The van der Waals surface area contributed by atoms with E-state index < -0.39 is 6.04 Å². The van der Waals surface area contributed by atoms with Crippen molar-refractivity contribution in [3.8, 4) is 0 Å². The van der Waals surface area contributed by atoms with Crippen molar-refractivity contribution >= 4 is 11.7 Å². The number of amides is 2. The predicted molar refractivity (Wildman–Crippen MR) is 97.3 cm³/mol. The Morgan fingerprint density at radius 2 is 1.75 bits per heavy atom. The van der Waals surface area contributed by atoms with E-state index in [1.54, 1.807) is 0 Å². The van der Waals surface area contributed by atoms with Gasteiger partial charge in [-0.3, -0.25) is 0 Å². The van der Waals surface area contributed by atoms with Crippen LogP contribution in [0, 0.1) is 0 Å². The van der Waals surface area contributed by atoms with Crippen LogP contribution in [0.3, 0.4) is 0 Å². The molecule has 0 aliphatic carbocycles. The molecule has 0 saturated heterocycles. The van der Waals surface area contributed by atoms with Crippen molar-refractivity contribution in [2.75, 3.05) is 32.1 Å². The van der Waals surface area contributed by atoms with Crippen LogP contribution in [0.15, 0.2) is 54.6 Å². The van der Waals surface area contributed by atoms with Crippen LogP contribution in [0.4, 0.5) is 10.5 Å². The SMILES string of the molecule is CN(C)c1ccc(CCNC(=O)NC(CO)c2ccccc2)cc1. The van der Waals surface area contributed by atoms with Crippen LogP contribution in [-0.4, -0.2) is 38.4 Å². The molecule has 2 aromatic rings. The van der Waals surface area contributed by atoms with E-state index >= 15 is 0 Å². The molecule has 0 aromatic heterocycles. The first-order valence-electron chi connectivity index (χ1n) is 8.06. The summed E-state index contributed by atoms with van der Waals surface area (Å²) in [4.78, 5) is 14.0. The molecule has 0 bridgehead atoms. The van der Waals surface area contributed by atoms with Crippen molar-refractivity contribution < 1.29 is 9.90 Å². The lowest BCUT2D eigenvalue weighted by atomic mass is 10.1. The lowest BCUT2D eigenvalue weighted by Gasteiger charge is -2.17. The van der Waals surface area contributed by atoms with Gasteiger partial charge in [0, 0.05) is 26.3 Å². The molecule has 5 nitrogen and oxygen atoms in total. The molecule has 0 fully saturated rings. The monoisotopic (exact) mass is 327 g/mol. The van der Waals surface area contributed by atoms with E-state index in [1.165, 1.54) is 5.56 Å². The van der Waals surface area contributed by atoms with E-state index in [0.29, 0.717) is 6.54 Å². The van der Waals surface area contributed by atoms with Gasteiger partial charge in [0.2, 0.25) is 0 Å². The first-order valence-corrected chi connectivity index (χ1v) is 8.06. The minimum absolute atomic E-state index is 0.135. The van der Waals surface area contributed by atoms with Gasteiger partial charge in [0.15, 0.2) is 0 Å². The van der Waals surface area contributed by atoms with Crippen LogP contribution in [0.2, 0.25) is 0 Å². The maximum atomic E-state index is 12.0. The average molecular weight is 327 g/mol. The van der Waals surface area contributed by atoms with Gasteiger partial charge in [0.25, 0.3) is 0 Å². The second-order valence-corrected chi connectivity index (χ2v) is 5.86. The van der Waals surface area contributed by atoms with Crippen molar-refractivity contribution in [1.29, 1.82) is 0 Å². The van der Waals surface area contributed by atoms with Crippen molar-refractivity contribution in [1.82, 2.24) is 10.6 Å². The zero-order chi connectivity index (χ0) is 17.4. The Morgan fingerprint density at radius 1 is 1.08 bits per heavy atom. The van der Waals surface area contributed by atoms with E-state index in [-0.39, 0.29) is 12.6 Å². The fraction of sp³-hybridized carbons (Fsp3) is 0.316. The summed E-state index contributed by atoms with van der Waals surface area (Å²) in [5.74, 6) is 0. The molecule has 0 spiro atoms. The molecule has 24 heavy (non-hydrogen) atoms. The second-order valence-electron chi connectivity index (χ2n) is 5.86. The maximum absolute atomic E-state index is 12.0. The number of urea groups is 1. The first kappa shape index (κ1) is 17.8. The molecular weight excluding hydrogens is 302 g/mol. The second kappa shape index (κ2) is 8.93. The number of rotatable bonds is 7. The summed E-state index contributed by atoms with van der Waals surface area (Å²) in [6.07, 6.45) is 0.760. The third kappa shape index (κ3) is 5.28. The van der Waals surface area contributed by atoms with Gasteiger partial charge in [-0.05, 0) is 29.7 Å². The smallest absolute Gasteiger partial charge is 0.315 e. The summed E-state index contributed by atoms with van der Waals surface area (Å²) in [6.45, 7) is 0.406. The summed E-state index contributed by atoms with van der Waals surface area (Å²) in [6, 6.07) is 17.0. The van der Waals surface area contributed by atoms with Gasteiger partial charge >= 0.3 is 6.03 Å². The van der Waals surface area contributed by atoms with E-state index in [0.717, 1.165) is 17.7 Å². The molecular formula is C19H25N3O2. The predicted octanol–water partition coefficient (Wildman–Crippen LogP) is 2.33. The number of nitrogens with zero attached hydrogens (tertiary/aromatic N) is 1. The van der Waals surface area contributed by atoms with Gasteiger partial charge in [0.05, 0.1) is 12.6 Å². The highest BCUT2D eigenvalue weighted by atomic mass is 16.3. The molecule has 0 saturated carbocycles. The normalized spacial score (nSPS) is 11.6. The van der Waals surface area contributed by atoms with Crippen LogP contribution in [0.25, 0.3) is 0 Å². The molecule has 3 N–H and O–H groups in total. The van der Waals surface area contributed by atoms with Crippen LogP contribution in [-0.2, 0) is 6.42 Å². The molecule has 128 valence electrons. The number of nitrogens with one attached hydrogen (secondary N) is 2. The van der Waals surface area contributed by atoms with Gasteiger partial charge < -0.3 is 20.6 Å². The zero-order valence-corrected chi connectivity index (χ0v) is 14.2. The Hall–Kier alpha value is -2.53. The largest absolute Gasteiger partial charge is 0.394 e. The third-order valence-electron chi connectivity index (χ3n) is 3.84. The molecule has 0 heterocycles. The van der Waals surface area contributed by atoms with Crippen LogP contribution in [0.5, 0.6) is 0 Å². The first-order chi connectivity index (χ1) is 11.6. The number of hydrogen-bond donors (Lipinski definition) is 3. The van der Waals surface area contributed by atoms with Gasteiger partial charge in [-0.1, -0.05) is 42.5 Å². The van der Waals surface area contributed by atoms with Crippen molar-refractivity contribution in [2.24, 2.45) is 0 Å². The third-order valence-corrected chi connectivity index (χ3v) is 3.84. The van der Waals surface area contributed by atoms with Crippen molar-refractivity contribution in [3.05, 3.63) is 65.7 Å². The minimum Gasteiger partial charge on any atom is -0.394 e. The number of hydrogen-bond acceptors (Lipinski definition) is 3. The van der Waals surface area contributed by atoms with E-state index in [1.807, 2.05) is 49.3 Å². The van der Waals surface area contributed by atoms with E-state index in [9.17, 15) is 9.90 Å². The number of benzene rings is 2. The summed E-state index contributed by atoms with van der Waals surface area (Å²) >= 11 is 0. The Labute approximate surface area is 143 Å². The Morgan fingerprint density at radius 3 is 2.33 bits per heavy atom. The van der Waals surface area contributed by atoms with Gasteiger partial charge in [-0.2, -0.15) is 0 Å². The fourth-order valence-corrected chi connectivity index (χ4v) is 2.41. The standard InChI is InChI=1S/C19H25N3O2/c1-22(2)17-10-8-15(9-11-17)12-13-20-19(24)21-18(14-23)16-6-4-3-5-7-16/h3-11,18,23H,12-14H2,1-2H3,(H2,20,21,24). The Bertz CT molecular complexity index is 627. The zero-order valence-electron chi connectivity index (χ0n) is 14.2. The topological polar surface area (TPSA) is 64.6 Å². The summed E-state index contributed by atoms with van der Waals surface area (Å²) < 4.78 is 0. The molecule has 0 radical (unpaired) electrons.